The molecule has 21 heavy (non-hydrogen) atoms. The molecular formula is C16H22N4O. The summed E-state index contributed by atoms with van der Waals surface area (Å²) >= 11 is 0. The number of nitrogens with one attached hydrogen (secondary N) is 1. The van der Waals surface area contributed by atoms with E-state index in [4.69, 9.17) is 4.74 Å². The molecule has 0 spiro atoms. The zero-order chi connectivity index (χ0) is 15.1. The van der Waals surface area contributed by atoms with Crippen LogP contribution in [0.4, 0.5) is 17.5 Å². The van der Waals surface area contributed by atoms with Gasteiger partial charge in [0.25, 0.3) is 0 Å². The number of aromatic nitrogens is 2. The molecule has 0 bridgehead atoms. The molecule has 0 saturated carbocycles. The van der Waals surface area contributed by atoms with Crippen LogP contribution in [0.5, 0.6) is 5.75 Å². The first-order chi connectivity index (χ1) is 10.3. The first-order valence-electron chi connectivity index (χ1n) is 7.34. The fourth-order valence-electron chi connectivity index (χ4n) is 2.03. The molecule has 1 N–H and O–H groups in total. The van der Waals surface area contributed by atoms with Gasteiger partial charge >= 0.3 is 0 Å². The highest BCUT2D eigenvalue weighted by atomic mass is 16.5. The highest BCUT2D eigenvalue weighted by molar-refractivity contribution is 5.58. The number of anilines is 3. The molecule has 0 atom stereocenters. The van der Waals surface area contributed by atoms with Crippen LogP contribution in [0.2, 0.25) is 0 Å². The normalized spacial score (nSPS) is 10.2. The molecule has 0 radical (unpaired) electrons. The third-order valence-electron chi connectivity index (χ3n) is 3.13. The summed E-state index contributed by atoms with van der Waals surface area (Å²) in [6.07, 6.45) is 1.78. The van der Waals surface area contributed by atoms with E-state index in [2.05, 4.69) is 34.0 Å². The van der Waals surface area contributed by atoms with Crippen molar-refractivity contribution < 1.29 is 4.74 Å². The summed E-state index contributed by atoms with van der Waals surface area (Å²) in [5.41, 5.74) is 0.975. The number of rotatable bonds is 7. The van der Waals surface area contributed by atoms with Crippen molar-refractivity contribution in [1.29, 1.82) is 0 Å². The van der Waals surface area contributed by atoms with E-state index in [0.29, 0.717) is 6.61 Å². The van der Waals surface area contributed by atoms with E-state index in [0.717, 1.165) is 36.3 Å². The second kappa shape index (κ2) is 7.47. The Morgan fingerprint density at radius 3 is 2.38 bits per heavy atom. The predicted octanol–water partition coefficient (Wildman–Crippen LogP) is 3.47. The minimum absolute atomic E-state index is 0.673. The molecule has 0 unspecified atom stereocenters. The number of hydrogen-bond acceptors (Lipinski definition) is 5. The smallest absolute Gasteiger partial charge is 0.227 e. The standard InChI is InChI=1S/C16H22N4O/c1-4-20(5-2)16-17-12-11-15(19-16)18-13-7-9-14(10-8-13)21-6-3/h7-12H,4-6H2,1-3H3,(H,17,18,19). The van der Waals surface area contributed by atoms with E-state index < -0.39 is 0 Å². The summed E-state index contributed by atoms with van der Waals surface area (Å²) in [4.78, 5) is 11.0. The highest BCUT2D eigenvalue weighted by Gasteiger charge is 2.06. The Bertz CT molecular complexity index is 552. The topological polar surface area (TPSA) is 50.3 Å². The second-order valence-electron chi connectivity index (χ2n) is 4.50. The van der Waals surface area contributed by atoms with Gasteiger partial charge in [-0.05, 0) is 51.1 Å². The van der Waals surface area contributed by atoms with Crippen molar-refractivity contribution in [2.45, 2.75) is 20.8 Å². The maximum Gasteiger partial charge on any atom is 0.227 e. The molecule has 2 rings (SSSR count). The number of benzene rings is 1. The molecule has 1 aromatic heterocycles. The van der Waals surface area contributed by atoms with Gasteiger partial charge in [-0.3, -0.25) is 0 Å². The van der Waals surface area contributed by atoms with Crippen LogP contribution in [-0.2, 0) is 0 Å². The van der Waals surface area contributed by atoms with Crippen LogP contribution in [-0.4, -0.2) is 29.7 Å². The van der Waals surface area contributed by atoms with Crippen LogP contribution < -0.4 is 15.0 Å². The summed E-state index contributed by atoms with van der Waals surface area (Å²) in [6.45, 7) is 8.62. The Balaban J connectivity index is 2.10. The molecule has 1 aromatic carbocycles. The molecule has 5 heteroatoms. The summed E-state index contributed by atoms with van der Waals surface area (Å²) in [6, 6.07) is 9.70. The van der Waals surface area contributed by atoms with Gasteiger partial charge in [0.15, 0.2) is 0 Å². The fraction of sp³-hybridized carbons (Fsp3) is 0.375. The summed E-state index contributed by atoms with van der Waals surface area (Å²) in [5.74, 6) is 2.40. The summed E-state index contributed by atoms with van der Waals surface area (Å²) < 4.78 is 5.43. The van der Waals surface area contributed by atoms with E-state index in [1.807, 2.05) is 37.3 Å². The lowest BCUT2D eigenvalue weighted by molar-refractivity contribution is 0.340. The number of nitrogens with zero attached hydrogens (tertiary/aromatic N) is 3. The van der Waals surface area contributed by atoms with Gasteiger partial charge in [0.1, 0.15) is 11.6 Å². The third-order valence-corrected chi connectivity index (χ3v) is 3.13. The van der Waals surface area contributed by atoms with E-state index in [9.17, 15) is 0 Å². The Hall–Kier alpha value is -2.30. The number of hydrogen-bond donors (Lipinski definition) is 1. The third kappa shape index (κ3) is 4.08. The molecule has 1 heterocycles. The van der Waals surface area contributed by atoms with Crippen molar-refractivity contribution in [2.24, 2.45) is 0 Å². The zero-order valence-corrected chi connectivity index (χ0v) is 12.8. The SMILES string of the molecule is CCOc1ccc(Nc2ccnc(N(CC)CC)n2)cc1. The van der Waals surface area contributed by atoms with Crippen LogP contribution in [0.3, 0.4) is 0 Å². The fourth-order valence-corrected chi connectivity index (χ4v) is 2.03. The highest BCUT2D eigenvalue weighted by Crippen LogP contribution is 2.20. The largest absolute Gasteiger partial charge is 0.494 e. The van der Waals surface area contributed by atoms with Gasteiger partial charge in [0, 0.05) is 25.0 Å². The molecule has 0 amide bonds. The van der Waals surface area contributed by atoms with Crippen LogP contribution in [0.1, 0.15) is 20.8 Å². The molecule has 0 aliphatic heterocycles. The van der Waals surface area contributed by atoms with Crippen molar-refractivity contribution in [1.82, 2.24) is 9.97 Å². The molecule has 0 fully saturated rings. The molecule has 0 aliphatic rings. The molecular weight excluding hydrogens is 264 g/mol. The van der Waals surface area contributed by atoms with Crippen LogP contribution in [0.15, 0.2) is 36.5 Å². The average molecular weight is 286 g/mol. The van der Waals surface area contributed by atoms with Gasteiger partial charge in [-0.15, -0.1) is 0 Å². The first-order valence-corrected chi connectivity index (χ1v) is 7.34. The van der Waals surface area contributed by atoms with E-state index in [-0.39, 0.29) is 0 Å². The Morgan fingerprint density at radius 1 is 1.05 bits per heavy atom. The van der Waals surface area contributed by atoms with Crippen molar-refractivity contribution >= 4 is 17.5 Å². The van der Waals surface area contributed by atoms with Crippen LogP contribution in [0, 0.1) is 0 Å². The van der Waals surface area contributed by atoms with Crippen molar-refractivity contribution in [3.63, 3.8) is 0 Å². The minimum atomic E-state index is 0.673. The van der Waals surface area contributed by atoms with E-state index in [1.165, 1.54) is 0 Å². The lowest BCUT2D eigenvalue weighted by atomic mass is 10.3. The van der Waals surface area contributed by atoms with E-state index in [1.54, 1.807) is 6.20 Å². The Kier molecular flexibility index (Phi) is 5.37. The Morgan fingerprint density at radius 2 is 1.76 bits per heavy atom. The summed E-state index contributed by atoms with van der Waals surface area (Å²) in [5, 5.41) is 3.28. The maximum atomic E-state index is 5.43. The first kappa shape index (κ1) is 15.1. The summed E-state index contributed by atoms with van der Waals surface area (Å²) in [7, 11) is 0. The minimum Gasteiger partial charge on any atom is -0.494 e. The lowest BCUT2D eigenvalue weighted by Gasteiger charge is -2.18. The number of ether oxygens (including phenoxy) is 1. The molecule has 2 aromatic rings. The molecule has 112 valence electrons. The quantitative estimate of drug-likeness (QED) is 0.844. The zero-order valence-electron chi connectivity index (χ0n) is 12.8. The monoisotopic (exact) mass is 286 g/mol. The predicted molar refractivity (Wildman–Crippen MR) is 86.5 cm³/mol. The average Bonchev–Trinajstić information content (AvgIpc) is 2.51. The van der Waals surface area contributed by atoms with Crippen LogP contribution >= 0.6 is 0 Å². The van der Waals surface area contributed by atoms with Crippen molar-refractivity contribution in [2.75, 3.05) is 29.9 Å². The lowest BCUT2D eigenvalue weighted by Crippen LogP contribution is -2.24. The molecule has 0 saturated heterocycles. The van der Waals surface area contributed by atoms with E-state index >= 15 is 0 Å². The van der Waals surface area contributed by atoms with Gasteiger partial charge in [-0.25, -0.2) is 4.98 Å². The van der Waals surface area contributed by atoms with Crippen molar-refractivity contribution in [3.8, 4) is 5.75 Å². The van der Waals surface area contributed by atoms with Crippen LogP contribution in [0.25, 0.3) is 0 Å². The van der Waals surface area contributed by atoms with Gasteiger partial charge in [0.05, 0.1) is 6.61 Å². The van der Waals surface area contributed by atoms with Gasteiger partial charge < -0.3 is 15.0 Å². The second-order valence-corrected chi connectivity index (χ2v) is 4.50. The van der Waals surface area contributed by atoms with Gasteiger partial charge in [-0.2, -0.15) is 4.98 Å². The Labute approximate surface area is 126 Å². The van der Waals surface area contributed by atoms with Crippen molar-refractivity contribution in [3.05, 3.63) is 36.5 Å². The van der Waals surface area contributed by atoms with Gasteiger partial charge in [-0.1, -0.05) is 0 Å². The maximum absolute atomic E-state index is 5.43. The molecule has 5 nitrogen and oxygen atoms in total. The van der Waals surface area contributed by atoms with Gasteiger partial charge in [0.2, 0.25) is 5.95 Å². The molecule has 0 aliphatic carbocycles.